The van der Waals surface area contributed by atoms with Gasteiger partial charge in [0.25, 0.3) is 0 Å². The van der Waals surface area contributed by atoms with Crippen LogP contribution in [0.15, 0.2) is 29.6 Å². The number of likely N-dealkylation sites (tertiary alicyclic amines) is 1. The van der Waals surface area contributed by atoms with E-state index in [4.69, 9.17) is 9.72 Å². The summed E-state index contributed by atoms with van der Waals surface area (Å²) in [4.78, 5) is 36.5. The van der Waals surface area contributed by atoms with Crippen LogP contribution in [0.3, 0.4) is 0 Å². The van der Waals surface area contributed by atoms with E-state index in [-0.39, 0.29) is 23.7 Å². The van der Waals surface area contributed by atoms with Crippen molar-refractivity contribution in [2.45, 2.75) is 33.2 Å². The van der Waals surface area contributed by atoms with E-state index in [1.807, 2.05) is 47.9 Å². The highest BCUT2D eigenvalue weighted by Gasteiger charge is 2.33. The summed E-state index contributed by atoms with van der Waals surface area (Å²) in [7, 11) is 1.67. The van der Waals surface area contributed by atoms with Gasteiger partial charge < -0.3 is 14.5 Å². The Morgan fingerprint density at radius 3 is 2.48 bits per heavy atom. The number of thiazole rings is 1. The molecule has 3 heterocycles. The number of rotatable bonds is 6. The Labute approximate surface area is 200 Å². The van der Waals surface area contributed by atoms with E-state index in [0.717, 1.165) is 74.1 Å². The molecule has 2 aromatic rings. The van der Waals surface area contributed by atoms with Gasteiger partial charge in [-0.3, -0.25) is 14.5 Å². The minimum absolute atomic E-state index is 0.0154. The van der Waals surface area contributed by atoms with Crippen LogP contribution >= 0.6 is 11.3 Å². The Morgan fingerprint density at radius 1 is 1.09 bits per heavy atom. The van der Waals surface area contributed by atoms with Crippen LogP contribution in [0, 0.1) is 11.8 Å². The molecule has 1 aromatic heterocycles. The molecule has 1 atom stereocenters. The Kier molecular flexibility index (Phi) is 7.65. The van der Waals surface area contributed by atoms with Crippen molar-refractivity contribution in [1.82, 2.24) is 19.7 Å². The normalized spacial score (nSPS) is 19.7. The highest BCUT2D eigenvalue weighted by Crippen LogP contribution is 2.27. The maximum absolute atomic E-state index is 13.1. The monoisotopic (exact) mass is 470 g/mol. The number of carbonyl (C=O) groups is 2. The molecular weight excluding hydrogens is 436 g/mol. The smallest absolute Gasteiger partial charge is 0.227 e. The van der Waals surface area contributed by atoms with Gasteiger partial charge in [-0.25, -0.2) is 4.98 Å². The summed E-state index contributed by atoms with van der Waals surface area (Å²) >= 11 is 1.66. The molecule has 33 heavy (non-hydrogen) atoms. The Hall–Kier alpha value is -2.45. The van der Waals surface area contributed by atoms with Gasteiger partial charge in [0.05, 0.1) is 18.7 Å². The van der Waals surface area contributed by atoms with E-state index in [0.29, 0.717) is 6.54 Å². The van der Waals surface area contributed by atoms with Crippen molar-refractivity contribution in [3.8, 4) is 16.3 Å². The molecule has 2 amide bonds. The fraction of sp³-hybridized carbons (Fsp3) is 0.560. The van der Waals surface area contributed by atoms with Crippen LogP contribution < -0.4 is 4.74 Å². The number of aromatic nitrogens is 1. The van der Waals surface area contributed by atoms with Crippen LogP contribution in [-0.4, -0.2) is 77.9 Å². The lowest BCUT2D eigenvalue weighted by Gasteiger charge is -2.39. The molecule has 2 fully saturated rings. The van der Waals surface area contributed by atoms with Crippen LogP contribution in [0.4, 0.5) is 0 Å². The van der Waals surface area contributed by atoms with E-state index >= 15 is 0 Å². The zero-order chi connectivity index (χ0) is 23.4. The van der Waals surface area contributed by atoms with Crippen molar-refractivity contribution in [2.75, 3.05) is 46.4 Å². The predicted molar refractivity (Wildman–Crippen MR) is 130 cm³/mol. The summed E-state index contributed by atoms with van der Waals surface area (Å²) in [6.45, 7) is 9.18. The lowest BCUT2D eigenvalue weighted by Crippen LogP contribution is -2.53. The summed E-state index contributed by atoms with van der Waals surface area (Å²) in [5.74, 6) is 1.15. The minimum Gasteiger partial charge on any atom is -0.497 e. The highest BCUT2D eigenvalue weighted by molar-refractivity contribution is 7.13. The van der Waals surface area contributed by atoms with Gasteiger partial charge in [-0.05, 0) is 37.1 Å². The van der Waals surface area contributed by atoms with Crippen LogP contribution in [0.2, 0.25) is 0 Å². The van der Waals surface area contributed by atoms with Gasteiger partial charge in [0.15, 0.2) is 0 Å². The first-order valence-corrected chi connectivity index (χ1v) is 12.7. The summed E-state index contributed by atoms with van der Waals surface area (Å²) in [6.07, 6.45) is 1.79. The van der Waals surface area contributed by atoms with Gasteiger partial charge in [0.2, 0.25) is 11.8 Å². The van der Waals surface area contributed by atoms with Crippen molar-refractivity contribution in [3.05, 3.63) is 35.3 Å². The molecule has 0 N–H and O–H groups in total. The number of ether oxygens (including phenoxy) is 1. The first kappa shape index (κ1) is 23.7. The maximum Gasteiger partial charge on any atom is 0.227 e. The number of nitrogens with zero attached hydrogens (tertiary/aromatic N) is 4. The molecular formula is C25H34N4O3S. The molecule has 178 valence electrons. The van der Waals surface area contributed by atoms with Crippen LogP contribution in [0.1, 0.15) is 32.4 Å². The van der Waals surface area contributed by atoms with Gasteiger partial charge in [0, 0.05) is 62.7 Å². The number of hydrogen-bond donors (Lipinski definition) is 0. The van der Waals surface area contributed by atoms with E-state index in [9.17, 15) is 9.59 Å². The molecule has 2 aliphatic rings. The van der Waals surface area contributed by atoms with Crippen molar-refractivity contribution in [3.63, 3.8) is 0 Å². The number of piperidine rings is 1. The molecule has 0 bridgehead atoms. The molecule has 8 heteroatoms. The van der Waals surface area contributed by atoms with E-state index in [1.165, 1.54) is 0 Å². The molecule has 1 unspecified atom stereocenters. The number of methoxy groups -OCH3 is 1. The zero-order valence-electron chi connectivity index (χ0n) is 19.8. The lowest BCUT2D eigenvalue weighted by atomic mass is 9.95. The summed E-state index contributed by atoms with van der Waals surface area (Å²) in [5.41, 5.74) is 2.17. The molecule has 0 aliphatic carbocycles. The third-order valence-corrected chi connectivity index (χ3v) is 7.47. The summed E-state index contributed by atoms with van der Waals surface area (Å²) in [5, 5.41) is 3.14. The number of carbonyl (C=O) groups excluding carboxylic acids is 2. The van der Waals surface area contributed by atoms with Crippen molar-refractivity contribution >= 4 is 23.2 Å². The number of hydrogen-bond acceptors (Lipinski definition) is 6. The average molecular weight is 471 g/mol. The van der Waals surface area contributed by atoms with Crippen LogP contribution in [0.5, 0.6) is 5.75 Å². The van der Waals surface area contributed by atoms with E-state index in [2.05, 4.69) is 10.3 Å². The second-order valence-corrected chi connectivity index (χ2v) is 10.1. The van der Waals surface area contributed by atoms with Crippen molar-refractivity contribution < 1.29 is 14.3 Å². The molecule has 0 radical (unpaired) electrons. The summed E-state index contributed by atoms with van der Waals surface area (Å²) in [6, 6.07) is 7.98. The predicted octanol–water partition coefficient (Wildman–Crippen LogP) is 3.36. The fourth-order valence-corrected chi connectivity index (χ4v) is 5.42. The lowest BCUT2D eigenvalue weighted by molar-refractivity contribution is -0.143. The molecule has 7 nitrogen and oxygen atoms in total. The van der Waals surface area contributed by atoms with E-state index < -0.39 is 0 Å². The Bertz CT molecular complexity index is 951. The van der Waals surface area contributed by atoms with E-state index in [1.54, 1.807) is 18.4 Å². The van der Waals surface area contributed by atoms with Gasteiger partial charge in [-0.1, -0.05) is 13.8 Å². The first-order chi connectivity index (χ1) is 15.9. The van der Waals surface area contributed by atoms with Gasteiger partial charge in [-0.15, -0.1) is 11.3 Å². The topological polar surface area (TPSA) is 66.0 Å². The Morgan fingerprint density at radius 2 is 1.82 bits per heavy atom. The standard InChI is InChI=1S/C25H34N4O3S/c1-18(2)24(30)29-10-4-5-20(15-29)25(31)28-13-11-27(12-14-28)16-21-17-33-23(26-21)19-6-8-22(32-3)9-7-19/h6-9,17-18,20H,4-5,10-16H2,1-3H3. The largest absolute Gasteiger partial charge is 0.497 e. The highest BCUT2D eigenvalue weighted by atomic mass is 32.1. The number of piperazine rings is 1. The first-order valence-electron chi connectivity index (χ1n) is 11.8. The minimum atomic E-state index is -0.0569. The molecule has 0 spiro atoms. The maximum atomic E-state index is 13.1. The van der Waals surface area contributed by atoms with Crippen molar-refractivity contribution in [2.24, 2.45) is 11.8 Å². The van der Waals surface area contributed by atoms with Gasteiger partial charge in [-0.2, -0.15) is 0 Å². The Balaban J connectivity index is 1.27. The number of benzene rings is 1. The summed E-state index contributed by atoms with van der Waals surface area (Å²) < 4.78 is 5.23. The van der Waals surface area contributed by atoms with Crippen LogP contribution in [-0.2, 0) is 16.1 Å². The molecule has 1 aromatic carbocycles. The third kappa shape index (κ3) is 5.73. The fourth-order valence-electron chi connectivity index (χ4n) is 4.60. The average Bonchev–Trinajstić information content (AvgIpc) is 3.32. The van der Waals surface area contributed by atoms with Crippen molar-refractivity contribution in [1.29, 1.82) is 0 Å². The van der Waals surface area contributed by atoms with Gasteiger partial charge >= 0.3 is 0 Å². The SMILES string of the molecule is COc1ccc(-c2nc(CN3CCN(C(=O)C4CCCN(C(=O)C(C)C)C4)CC3)cs2)cc1. The quantitative estimate of drug-likeness (QED) is 0.648. The molecule has 2 saturated heterocycles. The molecule has 2 aliphatic heterocycles. The van der Waals surface area contributed by atoms with Crippen LogP contribution in [0.25, 0.3) is 10.6 Å². The van der Waals surface area contributed by atoms with Gasteiger partial charge in [0.1, 0.15) is 10.8 Å². The zero-order valence-corrected chi connectivity index (χ0v) is 20.6. The number of amides is 2. The second kappa shape index (κ2) is 10.7. The second-order valence-electron chi connectivity index (χ2n) is 9.25. The third-order valence-electron chi connectivity index (χ3n) is 6.53. The molecule has 0 saturated carbocycles. The molecule has 4 rings (SSSR count).